The summed E-state index contributed by atoms with van der Waals surface area (Å²) in [6.45, 7) is 0. The first-order chi connectivity index (χ1) is 8.56. The summed E-state index contributed by atoms with van der Waals surface area (Å²) in [5.74, 6) is 0.202. The van der Waals surface area contributed by atoms with Crippen LogP contribution in [0.2, 0.25) is 0 Å². The molecule has 0 atom stereocenters. The summed E-state index contributed by atoms with van der Waals surface area (Å²) in [4.78, 5) is 12.2. The van der Waals surface area contributed by atoms with Crippen molar-refractivity contribution >= 4 is 40.0 Å². The van der Waals surface area contributed by atoms with Gasteiger partial charge in [0.2, 0.25) is 0 Å². The second kappa shape index (κ2) is 5.57. The Morgan fingerprint density at radius 3 is 2.33 bits per heavy atom. The second-order valence-electron chi connectivity index (χ2n) is 3.47. The number of nitro benzene ring substituents is 1. The Bertz CT molecular complexity index is 586. The maximum atomic E-state index is 10.8. The number of nitro groups is 1. The van der Waals surface area contributed by atoms with E-state index in [1.807, 2.05) is 28.7 Å². The molecular weight excluding hydrogens is 365 g/mol. The molecule has 0 saturated carbocycles. The maximum Gasteiger partial charge on any atom is 0.283 e. The van der Waals surface area contributed by atoms with Gasteiger partial charge in [-0.2, -0.15) is 0 Å². The molecule has 6 heteroatoms. The lowest BCUT2D eigenvalue weighted by molar-refractivity contribution is -0.386. The first-order valence-corrected chi connectivity index (χ1v) is 6.86. The molecule has 2 aromatic carbocycles. The van der Waals surface area contributed by atoms with Crippen molar-refractivity contribution in [2.75, 3.05) is 0 Å². The van der Waals surface area contributed by atoms with Gasteiger partial charge in [0.15, 0.2) is 0 Å². The van der Waals surface area contributed by atoms with Gasteiger partial charge in [-0.05, 0) is 59.0 Å². The fraction of sp³-hybridized carbons (Fsp3) is 0. The van der Waals surface area contributed by atoms with E-state index in [9.17, 15) is 15.2 Å². The molecule has 0 aliphatic rings. The number of rotatable bonds is 3. The van der Waals surface area contributed by atoms with E-state index in [2.05, 4.69) is 0 Å². The summed E-state index contributed by atoms with van der Waals surface area (Å²) >= 11 is 3.36. The molecule has 2 rings (SSSR count). The number of benzene rings is 2. The summed E-state index contributed by atoms with van der Waals surface area (Å²) in [5.41, 5.74) is 0.111. The van der Waals surface area contributed by atoms with Gasteiger partial charge in [-0.3, -0.25) is 10.1 Å². The molecule has 1 N–H and O–H groups in total. The predicted octanol–water partition coefficient (Wildman–Crippen LogP) is 4.06. The number of aromatic hydroxyl groups is 1. The molecule has 0 aliphatic carbocycles. The molecule has 2 aromatic rings. The third-order valence-electron chi connectivity index (χ3n) is 2.19. The third kappa shape index (κ3) is 3.14. The zero-order valence-corrected chi connectivity index (χ0v) is 12.0. The van der Waals surface area contributed by atoms with E-state index >= 15 is 0 Å². The average molecular weight is 373 g/mol. The number of phenolic OH excluding ortho intramolecular Hbond substituents is 1. The summed E-state index contributed by atoms with van der Waals surface area (Å²) in [7, 11) is 0. The van der Waals surface area contributed by atoms with Gasteiger partial charge < -0.3 is 5.11 Å². The highest BCUT2D eigenvalue weighted by Crippen LogP contribution is 2.32. The van der Waals surface area contributed by atoms with Crippen molar-refractivity contribution in [3.63, 3.8) is 0 Å². The number of nitrogens with zero attached hydrogens (tertiary/aromatic N) is 1. The molecule has 0 unspecified atom stereocenters. The van der Waals surface area contributed by atoms with Crippen molar-refractivity contribution in [2.45, 2.75) is 9.79 Å². The first-order valence-electron chi connectivity index (χ1n) is 4.97. The van der Waals surface area contributed by atoms with E-state index < -0.39 is 0 Å². The van der Waals surface area contributed by atoms with Crippen LogP contribution < -0.4 is 0 Å². The van der Waals surface area contributed by atoms with Crippen LogP contribution in [0.4, 0.5) is 5.69 Å². The number of phenols is 1. The quantitative estimate of drug-likeness (QED) is 0.501. The molecular formula is C12H8INO3S. The Kier molecular flexibility index (Phi) is 4.07. The minimum absolute atomic E-state index is 0.111. The first kappa shape index (κ1) is 13.2. The van der Waals surface area contributed by atoms with E-state index in [1.165, 1.54) is 11.8 Å². The van der Waals surface area contributed by atoms with Crippen molar-refractivity contribution in [1.29, 1.82) is 0 Å². The van der Waals surface area contributed by atoms with Crippen LogP contribution in [0.15, 0.2) is 52.3 Å². The lowest BCUT2D eigenvalue weighted by atomic mass is 10.3. The van der Waals surface area contributed by atoms with E-state index in [1.54, 1.807) is 36.4 Å². The van der Waals surface area contributed by atoms with Crippen molar-refractivity contribution in [3.8, 4) is 5.75 Å². The zero-order valence-electron chi connectivity index (χ0n) is 9.04. The smallest absolute Gasteiger partial charge is 0.283 e. The van der Waals surface area contributed by atoms with Gasteiger partial charge in [0.05, 0.1) is 8.49 Å². The minimum atomic E-state index is -0.386. The normalized spacial score (nSPS) is 10.3. The molecule has 0 heterocycles. The molecule has 0 aromatic heterocycles. The Morgan fingerprint density at radius 2 is 1.72 bits per heavy atom. The Labute approximate surface area is 121 Å². The van der Waals surface area contributed by atoms with Crippen molar-refractivity contribution in [1.82, 2.24) is 0 Å². The molecule has 0 aliphatic heterocycles. The van der Waals surface area contributed by atoms with Crippen LogP contribution in [0.1, 0.15) is 0 Å². The van der Waals surface area contributed by atoms with Gasteiger partial charge >= 0.3 is 0 Å². The Morgan fingerprint density at radius 1 is 1.11 bits per heavy atom. The Balaban J connectivity index is 2.27. The summed E-state index contributed by atoms with van der Waals surface area (Å²) < 4.78 is 0.618. The Hall–Kier alpha value is -1.28. The molecule has 0 fully saturated rings. The molecule has 0 saturated heterocycles. The van der Waals surface area contributed by atoms with Crippen LogP contribution >= 0.6 is 34.4 Å². The fourth-order valence-electron chi connectivity index (χ4n) is 1.35. The second-order valence-corrected chi connectivity index (χ2v) is 5.78. The van der Waals surface area contributed by atoms with Gasteiger partial charge in [0.25, 0.3) is 5.69 Å². The molecule has 0 bridgehead atoms. The van der Waals surface area contributed by atoms with Crippen LogP contribution in [0, 0.1) is 13.7 Å². The van der Waals surface area contributed by atoms with Gasteiger partial charge in [-0.1, -0.05) is 11.8 Å². The minimum Gasteiger partial charge on any atom is -0.508 e. The number of halogens is 1. The molecule has 18 heavy (non-hydrogen) atoms. The fourth-order valence-corrected chi connectivity index (χ4v) is 2.73. The van der Waals surface area contributed by atoms with Gasteiger partial charge in [-0.15, -0.1) is 0 Å². The standard InChI is InChI=1S/C12H8INO3S/c13-11-6-5-10(7-12(11)14(16)17)18-9-3-1-8(15)2-4-9/h1-7,15H. The largest absolute Gasteiger partial charge is 0.508 e. The highest BCUT2D eigenvalue weighted by Gasteiger charge is 2.12. The SMILES string of the molecule is O=[N+]([O-])c1cc(Sc2ccc(O)cc2)ccc1I. The molecule has 0 amide bonds. The van der Waals surface area contributed by atoms with Crippen molar-refractivity contribution in [2.24, 2.45) is 0 Å². The number of hydrogen-bond donors (Lipinski definition) is 1. The van der Waals surface area contributed by atoms with Crippen LogP contribution in [0.3, 0.4) is 0 Å². The van der Waals surface area contributed by atoms with Crippen LogP contribution in [0.5, 0.6) is 5.75 Å². The van der Waals surface area contributed by atoms with E-state index in [0.29, 0.717) is 3.57 Å². The molecule has 4 nitrogen and oxygen atoms in total. The van der Waals surface area contributed by atoms with E-state index in [4.69, 9.17) is 0 Å². The van der Waals surface area contributed by atoms with Crippen LogP contribution in [-0.4, -0.2) is 10.0 Å². The molecule has 92 valence electrons. The monoisotopic (exact) mass is 373 g/mol. The lowest BCUT2D eigenvalue weighted by Gasteiger charge is -2.03. The predicted molar refractivity (Wildman–Crippen MR) is 78.0 cm³/mol. The highest BCUT2D eigenvalue weighted by atomic mass is 127. The van der Waals surface area contributed by atoms with Crippen LogP contribution in [0.25, 0.3) is 0 Å². The summed E-state index contributed by atoms with van der Waals surface area (Å²) in [6.07, 6.45) is 0. The van der Waals surface area contributed by atoms with Gasteiger partial charge in [0, 0.05) is 15.9 Å². The van der Waals surface area contributed by atoms with Crippen molar-refractivity contribution in [3.05, 3.63) is 56.1 Å². The van der Waals surface area contributed by atoms with E-state index in [-0.39, 0.29) is 16.4 Å². The van der Waals surface area contributed by atoms with Gasteiger partial charge in [-0.25, -0.2) is 0 Å². The number of hydrogen-bond acceptors (Lipinski definition) is 4. The zero-order chi connectivity index (χ0) is 13.1. The van der Waals surface area contributed by atoms with Gasteiger partial charge in [0.1, 0.15) is 5.75 Å². The topological polar surface area (TPSA) is 63.4 Å². The molecule has 0 radical (unpaired) electrons. The van der Waals surface area contributed by atoms with Crippen LogP contribution in [-0.2, 0) is 0 Å². The summed E-state index contributed by atoms with van der Waals surface area (Å²) in [6, 6.07) is 11.8. The highest BCUT2D eigenvalue weighted by molar-refractivity contribution is 14.1. The third-order valence-corrected chi connectivity index (χ3v) is 4.10. The lowest BCUT2D eigenvalue weighted by Crippen LogP contribution is -1.91. The van der Waals surface area contributed by atoms with Crippen molar-refractivity contribution < 1.29 is 10.0 Å². The average Bonchev–Trinajstić information content (AvgIpc) is 2.34. The van der Waals surface area contributed by atoms with E-state index in [0.717, 1.165) is 9.79 Å². The summed E-state index contributed by atoms with van der Waals surface area (Å²) in [5, 5.41) is 20.0. The maximum absolute atomic E-state index is 10.8. The molecule has 0 spiro atoms.